The number of carbonyl (C=O) groups excluding carboxylic acids is 1. The van der Waals surface area contributed by atoms with Crippen LogP contribution in [-0.4, -0.2) is 17.0 Å². The molecule has 4 rings (SSSR count). The van der Waals surface area contributed by atoms with Crippen molar-refractivity contribution < 1.29 is 18.5 Å². The van der Waals surface area contributed by atoms with Gasteiger partial charge in [0, 0.05) is 5.92 Å². The largest absolute Gasteiger partial charge is 0.455 e. The van der Waals surface area contributed by atoms with Crippen molar-refractivity contribution in [3.8, 4) is 11.3 Å². The molecule has 0 aliphatic heterocycles. The highest BCUT2D eigenvalue weighted by atomic mass is 19.1. The molecule has 28 heavy (non-hydrogen) atoms. The Morgan fingerprint density at radius 1 is 1.39 bits per heavy atom. The molecule has 0 radical (unpaired) electrons. The molecule has 1 amide bonds. The Hall–Kier alpha value is -3.03. The molecule has 1 heterocycles. The van der Waals surface area contributed by atoms with Crippen LogP contribution in [0.2, 0.25) is 0 Å². The van der Waals surface area contributed by atoms with Crippen molar-refractivity contribution in [2.24, 2.45) is 22.4 Å². The standard InChI is InChI=1S/C20H20FN3O4/c1-20-9-3-2-4-15(20)18(20)19(25)23-22-11-13-6-8-17(28-13)14-7-5-12(21)10-16(14)24(26)27/h5-8,10-11,15,18H,2-4,9H2,1H3,(H,23,25)/b22-11-/t15-,18-,20+/m1/s1. The fourth-order valence-corrected chi connectivity index (χ4v) is 4.51. The van der Waals surface area contributed by atoms with Gasteiger partial charge in [-0.15, -0.1) is 0 Å². The maximum absolute atomic E-state index is 13.3. The van der Waals surface area contributed by atoms with Gasteiger partial charge >= 0.3 is 0 Å². The minimum Gasteiger partial charge on any atom is -0.455 e. The van der Waals surface area contributed by atoms with Gasteiger partial charge in [0.25, 0.3) is 5.69 Å². The maximum Gasteiger partial charge on any atom is 0.283 e. The molecular formula is C20H20FN3O4. The van der Waals surface area contributed by atoms with Crippen LogP contribution in [0.1, 0.15) is 38.4 Å². The maximum atomic E-state index is 13.3. The Balaban J connectivity index is 1.43. The normalized spacial score (nSPS) is 26.1. The molecule has 2 fully saturated rings. The van der Waals surface area contributed by atoms with E-state index in [9.17, 15) is 19.3 Å². The van der Waals surface area contributed by atoms with Crippen molar-refractivity contribution in [2.75, 3.05) is 0 Å². The molecule has 2 aliphatic rings. The molecule has 2 aliphatic carbocycles. The number of benzene rings is 1. The van der Waals surface area contributed by atoms with Gasteiger partial charge in [-0.05, 0) is 48.4 Å². The number of amides is 1. The second-order valence-electron chi connectivity index (χ2n) is 7.69. The quantitative estimate of drug-likeness (QED) is 0.472. The van der Waals surface area contributed by atoms with Crippen LogP contribution in [0, 0.1) is 33.2 Å². The van der Waals surface area contributed by atoms with Crippen LogP contribution in [-0.2, 0) is 4.79 Å². The summed E-state index contributed by atoms with van der Waals surface area (Å²) < 4.78 is 18.8. The second kappa shape index (κ2) is 6.85. The summed E-state index contributed by atoms with van der Waals surface area (Å²) in [7, 11) is 0. The summed E-state index contributed by atoms with van der Waals surface area (Å²) in [5.41, 5.74) is 2.47. The minimum absolute atomic E-state index is 0.0150. The van der Waals surface area contributed by atoms with E-state index in [1.807, 2.05) is 0 Å². The number of nitro groups is 1. The Morgan fingerprint density at radius 3 is 2.93 bits per heavy atom. The monoisotopic (exact) mass is 385 g/mol. The summed E-state index contributed by atoms with van der Waals surface area (Å²) in [5.74, 6) is 0.243. The van der Waals surface area contributed by atoms with Gasteiger partial charge in [-0.3, -0.25) is 14.9 Å². The van der Waals surface area contributed by atoms with E-state index >= 15 is 0 Å². The van der Waals surface area contributed by atoms with E-state index in [1.165, 1.54) is 25.1 Å². The van der Waals surface area contributed by atoms with Crippen LogP contribution in [0.4, 0.5) is 10.1 Å². The Bertz CT molecular complexity index is 970. The lowest BCUT2D eigenvalue weighted by atomic mass is 9.90. The third kappa shape index (κ3) is 3.19. The van der Waals surface area contributed by atoms with E-state index in [0.29, 0.717) is 11.7 Å². The molecule has 146 valence electrons. The lowest BCUT2D eigenvalue weighted by molar-refractivity contribution is -0.384. The number of hydrogen-bond acceptors (Lipinski definition) is 5. The van der Waals surface area contributed by atoms with E-state index in [4.69, 9.17) is 4.42 Å². The van der Waals surface area contributed by atoms with E-state index in [0.717, 1.165) is 25.0 Å². The number of nitro benzene ring substituents is 1. The van der Waals surface area contributed by atoms with Gasteiger partial charge in [0.15, 0.2) is 0 Å². The smallest absolute Gasteiger partial charge is 0.283 e. The van der Waals surface area contributed by atoms with Gasteiger partial charge in [-0.25, -0.2) is 9.82 Å². The zero-order valence-corrected chi connectivity index (χ0v) is 15.4. The van der Waals surface area contributed by atoms with Crippen LogP contribution in [0.3, 0.4) is 0 Å². The summed E-state index contributed by atoms with van der Waals surface area (Å²) in [6.07, 6.45) is 5.88. The van der Waals surface area contributed by atoms with Crippen molar-refractivity contribution >= 4 is 17.8 Å². The Labute approximate surface area is 160 Å². The molecule has 0 bridgehead atoms. The Kier molecular flexibility index (Phi) is 4.49. The van der Waals surface area contributed by atoms with Crippen LogP contribution in [0.25, 0.3) is 11.3 Å². The van der Waals surface area contributed by atoms with Gasteiger partial charge in [0.1, 0.15) is 17.3 Å². The average Bonchev–Trinajstić information content (AvgIpc) is 3.02. The number of furan rings is 1. The molecule has 1 aromatic heterocycles. The summed E-state index contributed by atoms with van der Waals surface area (Å²) in [4.78, 5) is 22.8. The van der Waals surface area contributed by atoms with E-state index in [1.54, 1.807) is 12.1 Å². The average molecular weight is 385 g/mol. The molecular weight excluding hydrogens is 365 g/mol. The van der Waals surface area contributed by atoms with Crippen molar-refractivity contribution in [3.63, 3.8) is 0 Å². The zero-order valence-electron chi connectivity index (χ0n) is 15.4. The number of carbonyl (C=O) groups is 1. The third-order valence-corrected chi connectivity index (χ3v) is 6.03. The molecule has 2 aromatic rings. The first-order valence-electron chi connectivity index (χ1n) is 9.27. The third-order valence-electron chi connectivity index (χ3n) is 6.03. The van der Waals surface area contributed by atoms with Gasteiger partial charge in [0.05, 0.1) is 22.8 Å². The minimum atomic E-state index is -0.694. The number of hydrogen-bond donors (Lipinski definition) is 1. The summed E-state index contributed by atoms with van der Waals surface area (Å²) in [6, 6.07) is 6.40. The highest BCUT2D eigenvalue weighted by molar-refractivity contribution is 5.85. The number of hydrazone groups is 1. The lowest BCUT2D eigenvalue weighted by Gasteiger charge is -2.15. The number of nitrogens with zero attached hydrogens (tertiary/aromatic N) is 2. The van der Waals surface area contributed by atoms with Crippen molar-refractivity contribution in [1.82, 2.24) is 5.43 Å². The van der Waals surface area contributed by atoms with Crippen molar-refractivity contribution in [3.05, 3.63) is 52.0 Å². The molecule has 0 spiro atoms. The predicted octanol–water partition coefficient (Wildman–Crippen LogP) is 4.27. The Morgan fingerprint density at radius 2 is 2.21 bits per heavy atom. The summed E-state index contributed by atoms with van der Waals surface area (Å²) in [6.45, 7) is 2.17. The highest BCUT2D eigenvalue weighted by Gasteiger charge is 2.64. The van der Waals surface area contributed by atoms with E-state index in [2.05, 4.69) is 17.5 Å². The first-order chi connectivity index (χ1) is 13.4. The van der Waals surface area contributed by atoms with Crippen LogP contribution < -0.4 is 5.43 Å². The zero-order chi connectivity index (χ0) is 19.9. The second-order valence-corrected chi connectivity index (χ2v) is 7.69. The fraction of sp³-hybridized carbons (Fsp3) is 0.400. The highest BCUT2D eigenvalue weighted by Crippen LogP contribution is 2.66. The van der Waals surface area contributed by atoms with Gasteiger partial charge in [-0.1, -0.05) is 19.8 Å². The number of halogens is 1. The predicted molar refractivity (Wildman–Crippen MR) is 100 cm³/mol. The summed E-state index contributed by atoms with van der Waals surface area (Å²) in [5, 5.41) is 15.1. The van der Waals surface area contributed by atoms with Gasteiger partial charge in [-0.2, -0.15) is 5.10 Å². The molecule has 0 unspecified atom stereocenters. The number of nitrogens with one attached hydrogen (secondary N) is 1. The molecule has 8 heteroatoms. The van der Waals surface area contributed by atoms with Gasteiger partial charge < -0.3 is 4.42 Å². The molecule has 0 saturated heterocycles. The first kappa shape index (κ1) is 18.3. The molecule has 1 N–H and O–H groups in total. The first-order valence-corrected chi connectivity index (χ1v) is 9.27. The SMILES string of the molecule is C[C@]12CCCC[C@@H]1[C@@H]2C(=O)N/N=C\c1ccc(-c2ccc(F)cc2[N+](=O)[O-])o1. The number of fused-ring (bicyclic) bond motifs is 1. The van der Waals surface area contributed by atoms with Gasteiger partial charge in [0.2, 0.25) is 5.91 Å². The van der Waals surface area contributed by atoms with Crippen molar-refractivity contribution in [1.29, 1.82) is 0 Å². The van der Waals surface area contributed by atoms with Crippen LogP contribution in [0.5, 0.6) is 0 Å². The topological polar surface area (TPSA) is 97.7 Å². The van der Waals surface area contributed by atoms with Crippen molar-refractivity contribution in [2.45, 2.75) is 32.6 Å². The molecule has 2 saturated carbocycles. The summed E-state index contributed by atoms with van der Waals surface area (Å²) >= 11 is 0. The molecule has 3 atom stereocenters. The van der Waals surface area contributed by atoms with Crippen LogP contribution >= 0.6 is 0 Å². The number of rotatable bonds is 5. The molecule has 7 nitrogen and oxygen atoms in total. The van der Waals surface area contributed by atoms with E-state index in [-0.39, 0.29) is 34.3 Å². The fourth-order valence-electron chi connectivity index (χ4n) is 4.51. The van der Waals surface area contributed by atoms with Crippen LogP contribution in [0.15, 0.2) is 39.9 Å². The van der Waals surface area contributed by atoms with E-state index < -0.39 is 10.7 Å². The lowest BCUT2D eigenvalue weighted by Crippen LogP contribution is -2.22. The molecule has 1 aromatic carbocycles.